The molecule has 4 N–H and O–H groups in total. The van der Waals surface area contributed by atoms with Crippen molar-refractivity contribution in [1.82, 2.24) is 15.3 Å². The average Bonchev–Trinajstić information content (AvgIpc) is 2.62. The van der Waals surface area contributed by atoms with E-state index in [2.05, 4.69) is 15.3 Å². The Morgan fingerprint density at radius 2 is 1.67 bits per heavy atom. The smallest absolute Gasteiger partial charge is 0.263 e. The predicted octanol–water partition coefficient (Wildman–Crippen LogP) is 2.24. The molecule has 1 aromatic heterocycles. The summed E-state index contributed by atoms with van der Waals surface area (Å²) in [7, 11) is 0. The minimum Gasteiger partial charge on any atom is -0.349 e. The van der Waals surface area contributed by atoms with Crippen LogP contribution in [0.4, 0.5) is 0 Å². The molecule has 0 saturated heterocycles. The summed E-state index contributed by atoms with van der Waals surface area (Å²) in [4.78, 5) is 32.9. The zero-order valence-corrected chi connectivity index (χ0v) is 15.9. The lowest BCUT2D eigenvalue weighted by Gasteiger charge is -2.56. The van der Waals surface area contributed by atoms with Crippen molar-refractivity contribution in [3.05, 3.63) is 27.9 Å². The van der Waals surface area contributed by atoms with Gasteiger partial charge in [-0.05, 0) is 82.0 Å². The van der Waals surface area contributed by atoms with Crippen LogP contribution < -0.4 is 16.6 Å². The zero-order chi connectivity index (χ0) is 18.6. The van der Waals surface area contributed by atoms with Crippen molar-refractivity contribution in [2.45, 2.75) is 81.7 Å². The third kappa shape index (κ3) is 3.12. The van der Waals surface area contributed by atoms with E-state index in [4.69, 9.17) is 5.73 Å². The highest BCUT2D eigenvalue weighted by molar-refractivity contribution is 5.93. The van der Waals surface area contributed by atoms with Gasteiger partial charge in [0.2, 0.25) is 0 Å². The van der Waals surface area contributed by atoms with E-state index in [1.807, 2.05) is 0 Å². The molecule has 5 aliphatic carbocycles. The summed E-state index contributed by atoms with van der Waals surface area (Å²) in [5.41, 5.74) is 5.82. The van der Waals surface area contributed by atoms with E-state index in [0.717, 1.165) is 68.5 Å². The molecule has 0 aliphatic heterocycles. The van der Waals surface area contributed by atoms with Gasteiger partial charge in [0.05, 0.1) is 0 Å². The summed E-state index contributed by atoms with van der Waals surface area (Å²) in [6, 6.07) is 0.349. The summed E-state index contributed by atoms with van der Waals surface area (Å²) in [6.45, 7) is 0. The summed E-state index contributed by atoms with van der Waals surface area (Å²) < 4.78 is 0. The number of hydrogen-bond donors (Lipinski definition) is 3. The highest BCUT2D eigenvalue weighted by Crippen LogP contribution is 2.59. The normalized spacial score (nSPS) is 40.1. The van der Waals surface area contributed by atoms with Gasteiger partial charge in [0.15, 0.2) is 0 Å². The van der Waals surface area contributed by atoms with Crippen molar-refractivity contribution in [3.63, 3.8) is 0 Å². The van der Waals surface area contributed by atoms with Gasteiger partial charge in [-0.25, -0.2) is 4.98 Å². The molecule has 0 unspecified atom stereocenters. The molecule has 6 heteroatoms. The molecule has 5 aliphatic rings. The highest BCUT2D eigenvalue weighted by atomic mass is 16.2. The lowest BCUT2D eigenvalue weighted by molar-refractivity contribution is -0.00954. The first-order valence-electron chi connectivity index (χ1n) is 10.7. The number of amides is 1. The van der Waals surface area contributed by atoms with Gasteiger partial charge in [-0.1, -0.05) is 0 Å². The Morgan fingerprint density at radius 3 is 2.22 bits per heavy atom. The third-order valence-corrected chi connectivity index (χ3v) is 7.69. The maximum atomic E-state index is 12.7. The van der Waals surface area contributed by atoms with Gasteiger partial charge in [-0.2, -0.15) is 0 Å². The first-order valence-corrected chi connectivity index (χ1v) is 10.7. The van der Waals surface area contributed by atoms with Gasteiger partial charge in [0, 0.05) is 23.7 Å². The minimum atomic E-state index is -0.304. The molecule has 0 radical (unpaired) electrons. The number of carbonyl (C=O) groups excluding carboxylic acids is 1. The van der Waals surface area contributed by atoms with Crippen molar-refractivity contribution in [2.75, 3.05) is 0 Å². The summed E-state index contributed by atoms with van der Waals surface area (Å²) in [6.07, 6.45) is 12.6. The van der Waals surface area contributed by atoms with Gasteiger partial charge in [0.1, 0.15) is 11.4 Å². The lowest BCUT2D eigenvalue weighted by Crippen LogP contribution is -2.50. The Kier molecular flexibility index (Phi) is 4.15. The van der Waals surface area contributed by atoms with Crippen LogP contribution in [0.5, 0.6) is 0 Å². The third-order valence-electron chi connectivity index (χ3n) is 7.69. The van der Waals surface area contributed by atoms with Crippen molar-refractivity contribution < 1.29 is 4.79 Å². The van der Waals surface area contributed by atoms with Crippen LogP contribution in [0, 0.1) is 17.8 Å². The highest BCUT2D eigenvalue weighted by Gasteiger charge is 2.52. The van der Waals surface area contributed by atoms with Gasteiger partial charge >= 0.3 is 0 Å². The number of aromatic amines is 1. The molecule has 0 aromatic carbocycles. The Hall–Kier alpha value is -1.69. The van der Waals surface area contributed by atoms with Gasteiger partial charge < -0.3 is 16.0 Å². The molecule has 4 bridgehead atoms. The first-order chi connectivity index (χ1) is 13.0. The van der Waals surface area contributed by atoms with Gasteiger partial charge in [-0.15, -0.1) is 0 Å². The second-order valence-corrected chi connectivity index (χ2v) is 9.76. The van der Waals surface area contributed by atoms with Crippen LogP contribution in [0.1, 0.15) is 80.4 Å². The predicted molar refractivity (Wildman–Crippen MR) is 102 cm³/mol. The maximum absolute atomic E-state index is 12.7. The van der Waals surface area contributed by atoms with E-state index >= 15 is 0 Å². The lowest BCUT2D eigenvalue weighted by atomic mass is 9.49. The van der Waals surface area contributed by atoms with Crippen LogP contribution in [0.2, 0.25) is 0 Å². The first kappa shape index (κ1) is 17.4. The molecule has 0 spiro atoms. The fourth-order valence-electron chi connectivity index (χ4n) is 6.75. The van der Waals surface area contributed by atoms with Crippen molar-refractivity contribution in [1.29, 1.82) is 0 Å². The van der Waals surface area contributed by atoms with E-state index < -0.39 is 0 Å². The van der Waals surface area contributed by atoms with E-state index in [1.165, 1.54) is 25.5 Å². The second-order valence-electron chi connectivity index (χ2n) is 9.76. The summed E-state index contributed by atoms with van der Waals surface area (Å²) in [5.74, 6) is 2.90. The fourth-order valence-corrected chi connectivity index (χ4v) is 6.75. The standard InChI is InChI=1S/C21H30N4O2/c22-15-1-3-16(4-2-15)24-18(26)17-11-23-20(25-19(17)27)21-8-12-5-13(9-21)7-14(6-12)10-21/h11-16H,1-10,22H2,(H,24,26)(H,23,25,27). The Morgan fingerprint density at radius 1 is 1.07 bits per heavy atom. The Balaban J connectivity index is 1.34. The van der Waals surface area contributed by atoms with Crippen LogP contribution in [0.3, 0.4) is 0 Å². The number of carbonyl (C=O) groups is 1. The molecule has 1 heterocycles. The molecule has 1 amide bonds. The number of nitrogens with zero attached hydrogens (tertiary/aromatic N) is 1. The molecule has 27 heavy (non-hydrogen) atoms. The molecule has 6 rings (SSSR count). The zero-order valence-electron chi connectivity index (χ0n) is 15.9. The number of rotatable bonds is 3. The average molecular weight is 370 g/mol. The maximum Gasteiger partial charge on any atom is 0.263 e. The fraction of sp³-hybridized carbons (Fsp3) is 0.762. The largest absolute Gasteiger partial charge is 0.349 e. The number of nitrogens with one attached hydrogen (secondary N) is 2. The number of nitrogens with two attached hydrogens (primary N) is 1. The molecule has 0 atom stereocenters. The quantitative estimate of drug-likeness (QED) is 0.759. The van der Waals surface area contributed by atoms with Crippen molar-refractivity contribution >= 4 is 5.91 Å². The summed E-state index contributed by atoms with van der Waals surface area (Å²) in [5, 5.41) is 3.00. The van der Waals surface area contributed by atoms with E-state index in [0.29, 0.717) is 0 Å². The SMILES string of the molecule is NC1CCC(NC(=O)c2cnc(C34CC5CC(CC(C5)C3)C4)[nH]c2=O)CC1. The minimum absolute atomic E-state index is 0.0441. The molecular weight excluding hydrogens is 340 g/mol. The molecule has 1 aromatic rings. The monoisotopic (exact) mass is 370 g/mol. The Bertz CT molecular complexity index is 758. The molecule has 5 fully saturated rings. The van der Waals surface area contributed by atoms with Crippen LogP contribution >= 0.6 is 0 Å². The van der Waals surface area contributed by atoms with Gasteiger partial charge in [0.25, 0.3) is 11.5 Å². The van der Waals surface area contributed by atoms with Crippen molar-refractivity contribution in [3.8, 4) is 0 Å². The topological polar surface area (TPSA) is 101 Å². The van der Waals surface area contributed by atoms with Gasteiger partial charge in [-0.3, -0.25) is 9.59 Å². The van der Waals surface area contributed by atoms with E-state index in [-0.39, 0.29) is 34.5 Å². The van der Waals surface area contributed by atoms with Crippen LogP contribution in [-0.4, -0.2) is 28.0 Å². The summed E-state index contributed by atoms with van der Waals surface area (Å²) >= 11 is 0. The molecule has 5 saturated carbocycles. The molecular formula is C21H30N4O2. The number of hydrogen-bond acceptors (Lipinski definition) is 4. The second kappa shape index (κ2) is 6.43. The number of H-pyrrole nitrogens is 1. The van der Waals surface area contributed by atoms with E-state index in [1.54, 1.807) is 0 Å². The van der Waals surface area contributed by atoms with Crippen LogP contribution in [-0.2, 0) is 5.41 Å². The van der Waals surface area contributed by atoms with Crippen molar-refractivity contribution in [2.24, 2.45) is 23.5 Å². The van der Waals surface area contributed by atoms with Crippen LogP contribution in [0.25, 0.3) is 0 Å². The van der Waals surface area contributed by atoms with E-state index in [9.17, 15) is 9.59 Å². The molecule has 6 nitrogen and oxygen atoms in total. The Labute approximate surface area is 159 Å². The molecule has 146 valence electrons. The number of aromatic nitrogens is 2. The van der Waals surface area contributed by atoms with Crippen LogP contribution in [0.15, 0.2) is 11.0 Å².